The SMILES string of the molecule is Cc1nc(C)c(C)[nH+]c1C.Cc1nc(C)c(C)[nH+]c1C.F[B-](F)(F)F.F[B-](F)(F)F. The van der Waals surface area contributed by atoms with Crippen LogP contribution in [0, 0.1) is 55.4 Å². The molecule has 172 valence electrons. The third-order valence-electron chi connectivity index (χ3n) is 3.59. The van der Waals surface area contributed by atoms with Crippen LogP contribution in [-0.4, -0.2) is 24.5 Å². The van der Waals surface area contributed by atoms with Crippen LogP contribution >= 0.6 is 0 Å². The number of aromatic nitrogens is 4. The lowest BCUT2D eigenvalue weighted by molar-refractivity contribution is -0.399. The minimum atomic E-state index is -6.00. The van der Waals surface area contributed by atoms with Gasteiger partial charge in [-0.25, -0.2) is 19.9 Å². The molecule has 0 aliphatic carbocycles. The van der Waals surface area contributed by atoms with Crippen molar-refractivity contribution < 1.29 is 44.5 Å². The number of H-pyrrole nitrogens is 2. The molecule has 14 heteroatoms. The Bertz CT molecular complexity index is 631. The van der Waals surface area contributed by atoms with Crippen LogP contribution in [0.15, 0.2) is 0 Å². The fourth-order valence-corrected chi connectivity index (χ4v) is 1.76. The summed E-state index contributed by atoms with van der Waals surface area (Å²) >= 11 is 0. The van der Waals surface area contributed by atoms with Crippen LogP contribution in [0.3, 0.4) is 0 Å². The third kappa shape index (κ3) is 17.8. The van der Waals surface area contributed by atoms with Gasteiger partial charge in [-0.3, -0.25) is 0 Å². The van der Waals surface area contributed by atoms with Crippen molar-refractivity contribution in [2.75, 3.05) is 0 Å². The molecule has 0 spiro atoms. The fraction of sp³-hybridized carbons (Fsp3) is 0.500. The zero-order valence-corrected chi connectivity index (χ0v) is 18.1. The second kappa shape index (κ2) is 12.4. The van der Waals surface area contributed by atoms with Crippen molar-refractivity contribution in [3.8, 4) is 0 Å². The van der Waals surface area contributed by atoms with Gasteiger partial charge in [-0.2, -0.15) is 0 Å². The van der Waals surface area contributed by atoms with Crippen molar-refractivity contribution in [1.82, 2.24) is 9.97 Å². The molecule has 0 fully saturated rings. The summed E-state index contributed by atoms with van der Waals surface area (Å²) in [5.74, 6) is 0. The molecule has 0 bridgehead atoms. The predicted octanol–water partition coefficient (Wildman–Crippen LogP) is 4.86. The van der Waals surface area contributed by atoms with E-state index in [2.05, 4.69) is 19.9 Å². The molecule has 0 atom stereocenters. The Morgan fingerprint density at radius 3 is 0.667 bits per heavy atom. The summed E-state index contributed by atoms with van der Waals surface area (Å²) in [5.41, 5.74) is 8.97. The quantitative estimate of drug-likeness (QED) is 0.427. The lowest BCUT2D eigenvalue weighted by Crippen LogP contribution is -2.17. The molecule has 0 unspecified atom stereocenters. The van der Waals surface area contributed by atoms with Crippen LogP contribution in [0.4, 0.5) is 34.5 Å². The molecule has 0 aromatic carbocycles. The van der Waals surface area contributed by atoms with Crippen LogP contribution in [0.25, 0.3) is 0 Å². The van der Waals surface area contributed by atoms with Gasteiger partial charge in [-0.05, 0) is 27.7 Å². The molecule has 2 rings (SSSR count). The molecule has 2 aromatic heterocycles. The monoisotopic (exact) mass is 448 g/mol. The van der Waals surface area contributed by atoms with E-state index in [0.29, 0.717) is 0 Å². The van der Waals surface area contributed by atoms with Gasteiger partial charge in [0, 0.05) is 27.7 Å². The van der Waals surface area contributed by atoms with Gasteiger partial charge in [0.2, 0.25) is 0 Å². The van der Waals surface area contributed by atoms with Crippen molar-refractivity contribution in [3.05, 3.63) is 45.6 Å². The van der Waals surface area contributed by atoms with Crippen molar-refractivity contribution in [2.24, 2.45) is 0 Å². The van der Waals surface area contributed by atoms with Crippen molar-refractivity contribution in [1.29, 1.82) is 0 Å². The van der Waals surface area contributed by atoms with E-state index < -0.39 is 14.5 Å². The maximum atomic E-state index is 9.75. The fourth-order valence-electron chi connectivity index (χ4n) is 1.76. The van der Waals surface area contributed by atoms with E-state index in [4.69, 9.17) is 0 Å². The number of hydrogen-bond acceptors (Lipinski definition) is 2. The maximum absolute atomic E-state index is 9.75. The zero-order valence-electron chi connectivity index (χ0n) is 18.1. The summed E-state index contributed by atoms with van der Waals surface area (Å²) in [7, 11) is -12.0. The molecule has 0 aliphatic rings. The number of nitrogens with zero attached hydrogens (tertiary/aromatic N) is 2. The number of aryl methyl sites for hydroxylation is 8. The van der Waals surface area contributed by atoms with Crippen LogP contribution in [0.5, 0.6) is 0 Å². The molecule has 0 amide bonds. The van der Waals surface area contributed by atoms with Gasteiger partial charge < -0.3 is 34.5 Å². The number of hydrogen-bond donors (Lipinski definition) is 0. The number of rotatable bonds is 0. The molecular formula is C16H26B2F8N4. The summed E-state index contributed by atoms with van der Waals surface area (Å²) in [6.45, 7) is 16.2. The van der Waals surface area contributed by atoms with Crippen LogP contribution in [0.1, 0.15) is 45.6 Å². The number of halogens is 8. The van der Waals surface area contributed by atoms with Gasteiger partial charge in [-0.1, -0.05) is 0 Å². The first-order valence-corrected chi connectivity index (χ1v) is 8.64. The first-order chi connectivity index (χ1) is 13.2. The van der Waals surface area contributed by atoms with E-state index in [-0.39, 0.29) is 0 Å². The van der Waals surface area contributed by atoms with Gasteiger partial charge in [0.15, 0.2) is 22.8 Å². The Morgan fingerprint density at radius 1 is 0.433 bits per heavy atom. The summed E-state index contributed by atoms with van der Waals surface area (Å²) in [4.78, 5) is 15.2. The van der Waals surface area contributed by atoms with Crippen LogP contribution < -0.4 is 9.97 Å². The molecule has 0 saturated heterocycles. The van der Waals surface area contributed by atoms with Gasteiger partial charge in [0.1, 0.15) is 22.8 Å². The number of aromatic amines is 2. The lowest BCUT2D eigenvalue weighted by atomic mass is 10.3. The highest BCUT2D eigenvalue weighted by atomic mass is 19.5. The second-order valence-electron chi connectivity index (χ2n) is 6.30. The normalized spacial score (nSPS) is 10.7. The average Bonchev–Trinajstić information content (AvgIpc) is 2.49. The standard InChI is InChI=1S/2C8H12N2.2BF4/c2*1-5-6(2)10-8(4)7(3)9-5;2*2-1(3,4)5/h2*1-4H3;;/q;;2*-1/p+2. The minimum absolute atomic E-state index is 1.09. The first kappa shape index (κ1) is 29.9. The summed E-state index contributed by atoms with van der Waals surface area (Å²) in [5, 5.41) is 0. The topological polar surface area (TPSA) is 54.1 Å². The van der Waals surface area contributed by atoms with Crippen molar-refractivity contribution in [3.63, 3.8) is 0 Å². The molecule has 2 heterocycles. The molecule has 4 nitrogen and oxygen atoms in total. The smallest absolute Gasteiger partial charge is 0.418 e. The molecule has 2 N–H and O–H groups in total. The highest BCUT2D eigenvalue weighted by Gasteiger charge is 2.21. The maximum Gasteiger partial charge on any atom is 0.673 e. The molecular weight excluding hydrogens is 422 g/mol. The van der Waals surface area contributed by atoms with E-state index in [1.54, 1.807) is 0 Å². The summed E-state index contributed by atoms with van der Waals surface area (Å²) in [6.07, 6.45) is 0. The van der Waals surface area contributed by atoms with Gasteiger partial charge >= 0.3 is 14.5 Å². The molecule has 0 radical (unpaired) electrons. The lowest BCUT2D eigenvalue weighted by Gasteiger charge is -1.95. The van der Waals surface area contributed by atoms with E-state index in [1.807, 2.05) is 55.4 Å². The highest BCUT2D eigenvalue weighted by molar-refractivity contribution is 6.50. The predicted molar refractivity (Wildman–Crippen MR) is 99.9 cm³/mol. The van der Waals surface area contributed by atoms with Gasteiger partial charge in [-0.15, -0.1) is 0 Å². The summed E-state index contributed by atoms with van der Waals surface area (Å²) in [6, 6.07) is 0. The third-order valence-corrected chi connectivity index (χ3v) is 3.59. The van der Waals surface area contributed by atoms with Gasteiger partial charge in [0.25, 0.3) is 0 Å². The Kier molecular flexibility index (Phi) is 12.4. The zero-order chi connectivity index (χ0) is 24.4. The molecule has 30 heavy (non-hydrogen) atoms. The van der Waals surface area contributed by atoms with E-state index in [0.717, 1.165) is 45.6 Å². The highest BCUT2D eigenvalue weighted by Crippen LogP contribution is 2.07. The molecule has 0 saturated carbocycles. The van der Waals surface area contributed by atoms with E-state index in [9.17, 15) is 34.5 Å². The average molecular weight is 448 g/mol. The van der Waals surface area contributed by atoms with Crippen LogP contribution in [-0.2, 0) is 0 Å². The number of nitrogens with one attached hydrogen (secondary N) is 2. The largest absolute Gasteiger partial charge is 0.673 e. The Balaban J connectivity index is 0. The summed E-state index contributed by atoms with van der Waals surface area (Å²) < 4.78 is 78.0. The van der Waals surface area contributed by atoms with Crippen LogP contribution in [0.2, 0.25) is 0 Å². The Hall–Kier alpha value is -2.27. The Labute approximate surface area is 170 Å². The molecule has 0 aliphatic heterocycles. The van der Waals surface area contributed by atoms with Crippen molar-refractivity contribution in [2.45, 2.75) is 55.4 Å². The van der Waals surface area contributed by atoms with Crippen molar-refractivity contribution >= 4 is 14.5 Å². The second-order valence-corrected chi connectivity index (χ2v) is 6.30. The van der Waals surface area contributed by atoms with E-state index in [1.165, 1.54) is 0 Å². The molecule has 2 aromatic rings. The minimum Gasteiger partial charge on any atom is -0.418 e. The first-order valence-electron chi connectivity index (χ1n) is 8.64. The van der Waals surface area contributed by atoms with E-state index >= 15 is 0 Å². The Morgan fingerprint density at radius 2 is 0.567 bits per heavy atom. The van der Waals surface area contributed by atoms with Gasteiger partial charge in [0.05, 0.1) is 0 Å².